The topological polar surface area (TPSA) is 43.1 Å². The third kappa shape index (κ3) is 1.76. The molecule has 0 aromatic rings. The van der Waals surface area contributed by atoms with Crippen molar-refractivity contribution in [2.75, 3.05) is 0 Å². The lowest BCUT2D eigenvalue weighted by atomic mass is 9.47. The summed E-state index contributed by atoms with van der Waals surface area (Å²) in [5.41, 5.74) is 9.58. The number of allylic oxidation sites excluding steroid dienone is 2. The second-order valence-electron chi connectivity index (χ2n) is 8.66. The summed E-state index contributed by atoms with van der Waals surface area (Å²) in [5, 5.41) is 0. The summed E-state index contributed by atoms with van der Waals surface area (Å²) in [4.78, 5) is 11.8. The van der Waals surface area contributed by atoms with Crippen LogP contribution in [0.15, 0.2) is 23.4 Å². The van der Waals surface area contributed by atoms with Crippen LogP contribution in [0.5, 0.6) is 0 Å². The fourth-order valence-electron chi connectivity index (χ4n) is 6.68. The van der Waals surface area contributed by atoms with Crippen LogP contribution in [0.2, 0.25) is 0 Å². The second kappa shape index (κ2) is 4.72. The first-order chi connectivity index (χ1) is 10.5. The third-order valence-electron chi connectivity index (χ3n) is 8.01. The van der Waals surface area contributed by atoms with E-state index in [1.165, 1.54) is 43.3 Å². The maximum Gasteiger partial charge on any atom is 0.155 e. The van der Waals surface area contributed by atoms with Gasteiger partial charge in [-0.25, -0.2) is 0 Å². The number of ketones is 1. The highest BCUT2D eigenvalue weighted by molar-refractivity contribution is 5.91. The van der Waals surface area contributed by atoms with Crippen molar-refractivity contribution in [3.05, 3.63) is 23.4 Å². The summed E-state index contributed by atoms with van der Waals surface area (Å²) in [6.45, 7) is 4.93. The van der Waals surface area contributed by atoms with Gasteiger partial charge in [0.1, 0.15) is 0 Å². The zero-order valence-electron chi connectivity index (χ0n) is 14.0. The SMILES string of the molecule is C[C@]12CCC(=O)C=C1CCC1C2CC[C@]2(C)/C(=C/N)CCC12. The molecule has 3 fully saturated rings. The average molecular weight is 299 g/mol. The maximum absolute atomic E-state index is 11.8. The number of fused-ring (bicyclic) bond motifs is 5. The molecule has 0 amide bonds. The molecule has 0 aromatic heterocycles. The van der Waals surface area contributed by atoms with Crippen LogP contribution < -0.4 is 5.73 Å². The zero-order chi connectivity index (χ0) is 15.5. The van der Waals surface area contributed by atoms with E-state index in [0.717, 1.165) is 37.0 Å². The summed E-state index contributed by atoms with van der Waals surface area (Å²) in [7, 11) is 0. The zero-order valence-corrected chi connectivity index (χ0v) is 14.0. The molecule has 0 saturated heterocycles. The van der Waals surface area contributed by atoms with Gasteiger partial charge in [0.05, 0.1) is 0 Å². The predicted octanol–water partition coefficient (Wildman–Crippen LogP) is 4.36. The van der Waals surface area contributed by atoms with Crippen molar-refractivity contribution >= 4 is 5.78 Å². The van der Waals surface area contributed by atoms with E-state index < -0.39 is 0 Å². The van der Waals surface area contributed by atoms with Crippen molar-refractivity contribution in [3.8, 4) is 0 Å². The van der Waals surface area contributed by atoms with Crippen LogP contribution in [-0.4, -0.2) is 5.78 Å². The van der Waals surface area contributed by atoms with Gasteiger partial charge >= 0.3 is 0 Å². The standard InChI is InChI=1S/C20H29NO/c1-19-9-7-15(22)11-13(19)3-5-16-17-6-4-14(12-21)20(17,2)10-8-18(16)19/h11-12,16-18H,3-10,21H2,1-2H3/b14-12+/t16?,17?,18?,19-,20+/m0/s1. The molecule has 0 radical (unpaired) electrons. The molecule has 2 heteroatoms. The van der Waals surface area contributed by atoms with Gasteiger partial charge in [0.25, 0.3) is 0 Å². The second-order valence-corrected chi connectivity index (χ2v) is 8.66. The highest BCUT2D eigenvalue weighted by Crippen LogP contribution is 2.66. The summed E-state index contributed by atoms with van der Waals surface area (Å²) >= 11 is 0. The maximum atomic E-state index is 11.8. The molecule has 4 rings (SSSR count). The quantitative estimate of drug-likeness (QED) is 0.722. The van der Waals surface area contributed by atoms with Crippen LogP contribution in [0.4, 0.5) is 0 Å². The Morgan fingerprint density at radius 1 is 1.05 bits per heavy atom. The van der Waals surface area contributed by atoms with Crippen LogP contribution in [0.25, 0.3) is 0 Å². The Bertz CT molecular complexity index is 574. The minimum absolute atomic E-state index is 0.299. The number of carbonyl (C=O) groups is 1. The Kier molecular flexibility index (Phi) is 3.12. The van der Waals surface area contributed by atoms with Crippen molar-refractivity contribution in [1.82, 2.24) is 0 Å². The third-order valence-corrected chi connectivity index (χ3v) is 8.01. The van der Waals surface area contributed by atoms with Gasteiger partial charge in [-0.3, -0.25) is 4.79 Å². The molecule has 120 valence electrons. The van der Waals surface area contributed by atoms with E-state index in [2.05, 4.69) is 13.8 Å². The Morgan fingerprint density at radius 3 is 2.59 bits per heavy atom. The summed E-state index contributed by atoms with van der Waals surface area (Å²) in [6.07, 6.45) is 13.3. The van der Waals surface area contributed by atoms with Gasteiger partial charge in [-0.2, -0.15) is 0 Å². The fourth-order valence-corrected chi connectivity index (χ4v) is 6.68. The van der Waals surface area contributed by atoms with Crippen molar-refractivity contribution in [1.29, 1.82) is 0 Å². The smallest absolute Gasteiger partial charge is 0.155 e. The van der Waals surface area contributed by atoms with E-state index in [4.69, 9.17) is 5.73 Å². The van der Waals surface area contributed by atoms with Crippen LogP contribution in [0, 0.1) is 28.6 Å². The minimum Gasteiger partial charge on any atom is -0.405 e. The molecular weight excluding hydrogens is 270 g/mol. The predicted molar refractivity (Wildman–Crippen MR) is 89.0 cm³/mol. The summed E-state index contributed by atoms with van der Waals surface area (Å²) in [5.74, 6) is 2.81. The molecule has 0 aromatic carbocycles. The molecule has 22 heavy (non-hydrogen) atoms. The van der Waals surface area contributed by atoms with E-state index in [9.17, 15) is 4.79 Å². The van der Waals surface area contributed by atoms with Crippen LogP contribution in [0.3, 0.4) is 0 Å². The van der Waals surface area contributed by atoms with Crippen molar-refractivity contribution in [2.45, 2.75) is 65.2 Å². The number of hydrogen-bond donors (Lipinski definition) is 1. The first-order valence-electron chi connectivity index (χ1n) is 9.14. The van der Waals surface area contributed by atoms with Gasteiger partial charge in [0.15, 0.2) is 5.78 Å². The lowest BCUT2D eigenvalue weighted by Gasteiger charge is -2.57. The molecule has 2 N–H and O–H groups in total. The Balaban J connectivity index is 1.70. The van der Waals surface area contributed by atoms with Crippen LogP contribution >= 0.6 is 0 Å². The molecule has 3 unspecified atom stereocenters. The monoisotopic (exact) mass is 299 g/mol. The number of nitrogens with two attached hydrogens (primary N) is 1. The van der Waals surface area contributed by atoms with E-state index in [1.54, 1.807) is 0 Å². The molecule has 4 aliphatic rings. The molecule has 4 aliphatic carbocycles. The van der Waals surface area contributed by atoms with Crippen LogP contribution in [0.1, 0.15) is 65.2 Å². The van der Waals surface area contributed by atoms with E-state index >= 15 is 0 Å². The van der Waals surface area contributed by atoms with E-state index in [-0.39, 0.29) is 0 Å². The number of carbonyl (C=O) groups excluding carboxylic acids is 1. The number of hydrogen-bond acceptors (Lipinski definition) is 2. The summed E-state index contributed by atoms with van der Waals surface area (Å²) < 4.78 is 0. The van der Waals surface area contributed by atoms with Gasteiger partial charge in [-0.15, -0.1) is 0 Å². The van der Waals surface area contributed by atoms with Gasteiger partial charge in [-0.1, -0.05) is 19.4 Å². The lowest BCUT2D eigenvalue weighted by molar-refractivity contribution is -0.117. The largest absolute Gasteiger partial charge is 0.405 e. The molecule has 5 atom stereocenters. The molecular formula is C20H29NO. The normalized spacial score (nSPS) is 49.4. The van der Waals surface area contributed by atoms with Crippen molar-refractivity contribution in [2.24, 2.45) is 34.3 Å². The lowest BCUT2D eigenvalue weighted by Crippen LogP contribution is -2.49. The molecule has 0 bridgehead atoms. The van der Waals surface area contributed by atoms with E-state index in [1.807, 2.05) is 12.3 Å². The van der Waals surface area contributed by atoms with Gasteiger partial charge in [-0.05, 0) is 91.4 Å². The van der Waals surface area contributed by atoms with Crippen molar-refractivity contribution < 1.29 is 4.79 Å². The average Bonchev–Trinajstić information content (AvgIpc) is 2.84. The van der Waals surface area contributed by atoms with Crippen molar-refractivity contribution in [3.63, 3.8) is 0 Å². The van der Waals surface area contributed by atoms with Crippen LogP contribution in [-0.2, 0) is 4.79 Å². The highest BCUT2D eigenvalue weighted by atomic mass is 16.1. The first-order valence-corrected chi connectivity index (χ1v) is 9.14. The first kappa shape index (κ1) is 14.5. The van der Waals surface area contributed by atoms with Gasteiger partial charge in [0, 0.05) is 6.42 Å². The van der Waals surface area contributed by atoms with Gasteiger partial charge < -0.3 is 5.73 Å². The minimum atomic E-state index is 0.299. The summed E-state index contributed by atoms with van der Waals surface area (Å²) in [6, 6.07) is 0. The molecule has 2 nitrogen and oxygen atoms in total. The molecule has 3 saturated carbocycles. The number of rotatable bonds is 0. The Labute approximate surface area is 134 Å². The Hall–Kier alpha value is -1.05. The molecule has 0 heterocycles. The molecule has 0 spiro atoms. The highest BCUT2D eigenvalue weighted by Gasteiger charge is 2.57. The van der Waals surface area contributed by atoms with E-state index in [0.29, 0.717) is 16.6 Å². The molecule has 0 aliphatic heterocycles. The fraction of sp³-hybridized carbons (Fsp3) is 0.750. The van der Waals surface area contributed by atoms with Gasteiger partial charge in [0.2, 0.25) is 0 Å². The Morgan fingerprint density at radius 2 is 1.82 bits per heavy atom.